The molecule has 2 heteroatoms. The van der Waals surface area contributed by atoms with Crippen molar-refractivity contribution < 1.29 is 0 Å². The summed E-state index contributed by atoms with van der Waals surface area (Å²) in [6.07, 6.45) is 26.0. The minimum absolute atomic E-state index is 0.231. The van der Waals surface area contributed by atoms with Crippen LogP contribution in [-0.4, -0.2) is 12.1 Å². The Kier molecular flexibility index (Phi) is 24.5. The maximum atomic E-state index is 3.01. The molecule has 3 rings (SSSR count). The molecule has 0 aliphatic carbocycles. The van der Waals surface area contributed by atoms with Crippen LogP contribution >= 0.6 is 0 Å². The van der Waals surface area contributed by atoms with Gasteiger partial charge in [-0.3, -0.25) is 0 Å². The summed E-state index contributed by atoms with van der Waals surface area (Å²) in [7, 11) is 0. The maximum Gasteiger partial charge on any atom is 0.0577 e. The van der Waals surface area contributed by atoms with E-state index in [-0.39, 0.29) is 6.04 Å². The summed E-state index contributed by atoms with van der Waals surface area (Å²) in [6.45, 7) is 24.6. The van der Waals surface area contributed by atoms with Crippen molar-refractivity contribution in [2.45, 2.75) is 222 Å². The van der Waals surface area contributed by atoms with Crippen LogP contribution in [0.4, 0.5) is 11.4 Å². The van der Waals surface area contributed by atoms with E-state index in [2.05, 4.69) is 164 Å². The zero-order chi connectivity index (χ0) is 42.1. The van der Waals surface area contributed by atoms with Crippen LogP contribution in [0.2, 0.25) is 0 Å². The highest BCUT2D eigenvalue weighted by atomic mass is 15.2. The Labute approximate surface area is 361 Å². The van der Waals surface area contributed by atoms with Gasteiger partial charge in [0, 0.05) is 23.5 Å². The van der Waals surface area contributed by atoms with Gasteiger partial charge in [-0.15, -0.1) is 0 Å². The van der Waals surface area contributed by atoms with Crippen LogP contribution in [0.1, 0.15) is 221 Å². The molecule has 0 aliphatic rings. The summed E-state index contributed by atoms with van der Waals surface area (Å²) in [5.41, 5.74) is 5.87. The van der Waals surface area contributed by atoms with Crippen molar-refractivity contribution in [3.63, 3.8) is 0 Å². The van der Waals surface area contributed by atoms with Crippen molar-refractivity contribution >= 4 is 11.4 Å². The van der Waals surface area contributed by atoms with Gasteiger partial charge >= 0.3 is 0 Å². The molecule has 0 aliphatic heterocycles. The number of hydrogen-bond acceptors (Lipinski definition) is 2. The summed E-state index contributed by atoms with van der Waals surface area (Å²) in [5, 5.41) is 0. The fourth-order valence-corrected chi connectivity index (χ4v) is 10.5. The Morgan fingerprint density at radius 1 is 0.414 bits per heavy atom. The minimum Gasteiger partial charge on any atom is -0.362 e. The normalized spacial score (nSPS) is 15.9. The first-order valence-corrected chi connectivity index (χ1v) is 25.0. The first-order valence-electron chi connectivity index (χ1n) is 25.0. The van der Waals surface area contributed by atoms with Crippen molar-refractivity contribution in [3.05, 3.63) is 96.1 Å². The Hall–Kier alpha value is -2.74. The molecule has 0 radical (unpaired) electrons. The summed E-state index contributed by atoms with van der Waals surface area (Å²) < 4.78 is 0. The highest BCUT2D eigenvalue weighted by Crippen LogP contribution is 2.46. The molecular weight excluding hydrogens is 701 g/mol. The zero-order valence-corrected chi connectivity index (χ0v) is 39.7. The van der Waals surface area contributed by atoms with Gasteiger partial charge in [0.1, 0.15) is 0 Å². The lowest BCUT2D eigenvalue weighted by atomic mass is 9.78. The van der Waals surface area contributed by atoms with Crippen LogP contribution in [0, 0.1) is 23.7 Å². The molecule has 8 unspecified atom stereocenters. The SMILES string of the molecule is CCCCCCCC(C)C(CCCC)N(c1ccccc1)C(c1ccccc1C(C)N(c1ccccc1)C(C)C(CCCC)C(C)CCCCC)C(CC)CCCC. The van der Waals surface area contributed by atoms with Crippen LogP contribution in [0.25, 0.3) is 0 Å². The van der Waals surface area contributed by atoms with Crippen molar-refractivity contribution in [3.8, 4) is 0 Å². The summed E-state index contributed by atoms with van der Waals surface area (Å²) >= 11 is 0. The van der Waals surface area contributed by atoms with Crippen LogP contribution in [-0.2, 0) is 0 Å². The van der Waals surface area contributed by atoms with Crippen LogP contribution in [0.3, 0.4) is 0 Å². The van der Waals surface area contributed by atoms with Crippen LogP contribution < -0.4 is 9.80 Å². The lowest BCUT2D eigenvalue weighted by molar-refractivity contribution is 0.249. The van der Waals surface area contributed by atoms with E-state index in [9.17, 15) is 0 Å². The van der Waals surface area contributed by atoms with Gasteiger partial charge in [-0.25, -0.2) is 0 Å². The monoisotopic (exact) mass is 793 g/mol. The fraction of sp³-hybridized carbons (Fsp3) is 0.679. The lowest BCUT2D eigenvalue weighted by Crippen LogP contribution is -2.46. The summed E-state index contributed by atoms with van der Waals surface area (Å²) in [6, 6.07) is 34.4. The van der Waals surface area contributed by atoms with Crippen molar-refractivity contribution in [2.75, 3.05) is 9.80 Å². The standard InChI is InChI=1S/C56H92N2/c1-11-17-22-23-27-35-46(8)55(44-21-15-5)58(51-39-30-25-31-40-51)56(49(16-6)36-19-13-3)54-43-33-32-42-53(54)48(10)57(50-37-28-24-29-38-50)47(9)52(41-20-14-4)45(7)34-26-18-12-2/h24-25,28-33,37-40,42-43,45-49,52,55-56H,11-23,26-27,34-36,41,44H2,1-10H3. The van der Waals surface area contributed by atoms with Gasteiger partial charge in [0.15, 0.2) is 0 Å². The third kappa shape index (κ3) is 15.1. The molecule has 3 aromatic carbocycles. The zero-order valence-electron chi connectivity index (χ0n) is 39.7. The molecule has 0 bridgehead atoms. The van der Waals surface area contributed by atoms with Crippen molar-refractivity contribution in [2.24, 2.45) is 23.7 Å². The maximum absolute atomic E-state index is 3.01. The van der Waals surface area contributed by atoms with E-state index < -0.39 is 0 Å². The predicted octanol–water partition coefficient (Wildman–Crippen LogP) is 18.0. The summed E-state index contributed by atoms with van der Waals surface area (Å²) in [5.74, 6) is 2.53. The number of hydrogen-bond donors (Lipinski definition) is 0. The van der Waals surface area contributed by atoms with E-state index in [1.165, 1.54) is 145 Å². The van der Waals surface area contributed by atoms with E-state index in [0.29, 0.717) is 41.8 Å². The average Bonchev–Trinajstić information content (AvgIpc) is 3.25. The second-order valence-corrected chi connectivity index (χ2v) is 18.5. The smallest absolute Gasteiger partial charge is 0.0577 e. The molecule has 0 aromatic heterocycles. The summed E-state index contributed by atoms with van der Waals surface area (Å²) in [4.78, 5) is 5.87. The average molecular weight is 793 g/mol. The molecule has 3 aromatic rings. The lowest BCUT2D eigenvalue weighted by Gasteiger charge is -2.48. The van der Waals surface area contributed by atoms with Gasteiger partial charge in [0.2, 0.25) is 0 Å². The van der Waals surface area contributed by atoms with Gasteiger partial charge in [-0.05, 0) is 98.6 Å². The van der Waals surface area contributed by atoms with Crippen molar-refractivity contribution in [1.29, 1.82) is 0 Å². The Balaban J connectivity index is 2.29. The Morgan fingerprint density at radius 2 is 0.879 bits per heavy atom. The molecule has 8 atom stereocenters. The number of unbranched alkanes of at least 4 members (excludes halogenated alkanes) is 9. The third-order valence-electron chi connectivity index (χ3n) is 14.1. The molecule has 58 heavy (non-hydrogen) atoms. The molecule has 0 fully saturated rings. The number of anilines is 2. The fourth-order valence-electron chi connectivity index (χ4n) is 10.5. The quantitative estimate of drug-likeness (QED) is 0.0581. The topological polar surface area (TPSA) is 6.48 Å². The van der Waals surface area contributed by atoms with E-state index in [0.717, 1.165) is 0 Å². The number of benzene rings is 3. The molecule has 0 spiro atoms. The van der Waals surface area contributed by atoms with E-state index in [1.54, 1.807) is 5.56 Å². The Morgan fingerprint density at radius 3 is 1.47 bits per heavy atom. The molecule has 0 amide bonds. The Bertz CT molecular complexity index is 1420. The first-order chi connectivity index (χ1) is 28.3. The molecule has 2 nitrogen and oxygen atoms in total. The molecule has 326 valence electrons. The van der Waals surface area contributed by atoms with Crippen molar-refractivity contribution in [1.82, 2.24) is 0 Å². The van der Waals surface area contributed by atoms with Crippen LogP contribution in [0.15, 0.2) is 84.9 Å². The first kappa shape index (κ1) is 49.6. The third-order valence-corrected chi connectivity index (χ3v) is 14.1. The van der Waals surface area contributed by atoms with Gasteiger partial charge in [0.25, 0.3) is 0 Å². The van der Waals surface area contributed by atoms with Gasteiger partial charge < -0.3 is 9.80 Å². The molecular formula is C56H92N2. The highest BCUT2D eigenvalue weighted by Gasteiger charge is 2.38. The highest BCUT2D eigenvalue weighted by molar-refractivity contribution is 5.54. The van der Waals surface area contributed by atoms with Gasteiger partial charge in [-0.1, -0.05) is 219 Å². The number of para-hydroxylation sites is 2. The number of rotatable bonds is 32. The second-order valence-electron chi connectivity index (χ2n) is 18.5. The van der Waals surface area contributed by atoms with Gasteiger partial charge in [0.05, 0.1) is 12.1 Å². The number of nitrogens with zero attached hydrogens (tertiary/aromatic N) is 2. The van der Waals surface area contributed by atoms with E-state index >= 15 is 0 Å². The molecule has 0 heterocycles. The van der Waals surface area contributed by atoms with E-state index in [1.807, 2.05) is 0 Å². The minimum atomic E-state index is 0.231. The predicted molar refractivity (Wildman–Crippen MR) is 260 cm³/mol. The molecule has 0 saturated carbocycles. The van der Waals surface area contributed by atoms with E-state index in [4.69, 9.17) is 0 Å². The largest absolute Gasteiger partial charge is 0.362 e. The molecule has 0 N–H and O–H groups in total. The van der Waals surface area contributed by atoms with Gasteiger partial charge in [-0.2, -0.15) is 0 Å². The second kappa shape index (κ2) is 28.7. The molecule has 0 saturated heterocycles. The van der Waals surface area contributed by atoms with Crippen LogP contribution in [0.5, 0.6) is 0 Å².